The van der Waals surface area contributed by atoms with E-state index in [1.807, 2.05) is 18.2 Å². The second-order valence-corrected chi connectivity index (χ2v) is 7.72. The number of hydrogen-bond donors (Lipinski definition) is 0. The van der Waals surface area contributed by atoms with Gasteiger partial charge in [-0.3, -0.25) is 0 Å². The highest BCUT2D eigenvalue weighted by Gasteiger charge is 2.27. The molecular formula is C13H18ClNO2S. The minimum absolute atomic E-state index is 0.256. The lowest BCUT2D eigenvalue weighted by Crippen LogP contribution is -2.49. The molecule has 1 saturated heterocycles. The Balaban J connectivity index is 1.75. The highest BCUT2D eigenvalue weighted by atomic mass is 35.5. The van der Waals surface area contributed by atoms with Crippen LogP contribution in [0.1, 0.15) is 5.56 Å². The van der Waals surface area contributed by atoms with Crippen LogP contribution in [0.15, 0.2) is 24.3 Å². The van der Waals surface area contributed by atoms with Gasteiger partial charge in [0.25, 0.3) is 0 Å². The monoisotopic (exact) mass is 287 g/mol. The van der Waals surface area contributed by atoms with Crippen LogP contribution >= 0.6 is 11.6 Å². The van der Waals surface area contributed by atoms with Crippen LogP contribution in [0, 0.1) is 5.92 Å². The lowest BCUT2D eigenvalue weighted by molar-refractivity contribution is 0.109. The second kappa shape index (κ2) is 5.59. The first kappa shape index (κ1) is 13.8. The zero-order valence-corrected chi connectivity index (χ0v) is 12.0. The molecule has 0 amide bonds. The molecule has 0 unspecified atom stereocenters. The minimum atomic E-state index is -2.84. The number of rotatable bonds is 5. The Morgan fingerprint density at radius 2 is 2.00 bits per heavy atom. The number of hydrogen-bond acceptors (Lipinski definition) is 3. The van der Waals surface area contributed by atoms with Crippen molar-refractivity contribution in [3.63, 3.8) is 0 Å². The number of likely N-dealkylation sites (tertiary alicyclic amines) is 1. The van der Waals surface area contributed by atoms with Crippen LogP contribution in [0.25, 0.3) is 0 Å². The summed E-state index contributed by atoms with van der Waals surface area (Å²) in [6, 6.07) is 7.91. The van der Waals surface area contributed by atoms with Crippen LogP contribution in [0.4, 0.5) is 0 Å². The number of sulfone groups is 1. The van der Waals surface area contributed by atoms with E-state index in [0.717, 1.165) is 24.5 Å². The van der Waals surface area contributed by atoms with Gasteiger partial charge in [-0.2, -0.15) is 0 Å². The zero-order valence-electron chi connectivity index (χ0n) is 10.5. The third kappa shape index (κ3) is 3.97. The van der Waals surface area contributed by atoms with Crippen molar-refractivity contribution < 1.29 is 8.42 Å². The van der Waals surface area contributed by atoms with Gasteiger partial charge in [0, 0.05) is 30.9 Å². The number of halogens is 1. The third-order valence-electron chi connectivity index (χ3n) is 3.28. The fraction of sp³-hybridized carbons (Fsp3) is 0.538. The molecule has 0 radical (unpaired) electrons. The van der Waals surface area contributed by atoms with Crippen LogP contribution in [0.3, 0.4) is 0 Å². The highest BCUT2D eigenvalue weighted by molar-refractivity contribution is 7.90. The van der Waals surface area contributed by atoms with Gasteiger partial charge in [-0.25, -0.2) is 8.42 Å². The van der Waals surface area contributed by atoms with Crippen LogP contribution in [0.2, 0.25) is 5.02 Å². The topological polar surface area (TPSA) is 37.4 Å². The quantitative estimate of drug-likeness (QED) is 0.829. The summed E-state index contributed by atoms with van der Waals surface area (Å²) < 4.78 is 22.1. The molecule has 18 heavy (non-hydrogen) atoms. The maximum atomic E-state index is 11.0. The first-order valence-corrected chi connectivity index (χ1v) is 8.51. The molecule has 1 fully saturated rings. The van der Waals surface area contributed by atoms with Gasteiger partial charge in [0.2, 0.25) is 0 Å². The molecule has 0 atom stereocenters. The average Bonchev–Trinajstić information content (AvgIpc) is 2.22. The molecule has 2 rings (SSSR count). The minimum Gasteiger partial charge on any atom is -0.302 e. The number of nitrogens with zero attached hydrogens (tertiary/aromatic N) is 1. The van der Waals surface area contributed by atoms with Crippen molar-refractivity contribution in [3.8, 4) is 0 Å². The largest absolute Gasteiger partial charge is 0.302 e. The van der Waals surface area contributed by atoms with Crippen LogP contribution in [0.5, 0.6) is 0 Å². The second-order valence-electron chi connectivity index (χ2n) is 5.05. The summed E-state index contributed by atoms with van der Waals surface area (Å²) in [5.74, 6) is 0.857. The van der Waals surface area contributed by atoms with Gasteiger partial charge < -0.3 is 4.90 Å². The molecular weight excluding hydrogens is 270 g/mol. The fourth-order valence-electron chi connectivity index (χ4n) is 2.26. The summed E-state index contributed by atoms with van der Waals surface area (Å²) in [7, 11) is -2.84. The van der Waals surface area contributed by atoms with Crippen molar-refractivity contribution in [1.82, 2.24) is 4.90 Å². The molecule has 5 heteroatoms. The van der Waals surface area contributed by atoms with Gasteiger partial charge in [0.15, 0.2) is 0 Å². The van der Waals surface area contributed by atoms with E-state index in [9.17, 15) is 8.42 Å². The molecule has 100 valence electrons. The Morgan fingerprint density at radius 3 is 2.61 bits per heavy atom. The first-order valence-electron chi connectivity index (χ1n) is 6.07. The summed E-state index contributed by atoms with van der Waals surface area (Å²) in [6.45, 7) is 2.60. The molecule has 0 aliphatic carbocycles. The van der Waals surface area contributed by atoms with Gasteiger partial charge in [-0.15, -0.1) is 0 Å². The predicted octanol–water partition coefficient (Wildman–Crippen LogP) is 1.86. The maximum absolute atomic E-state index is 11.0. The smallest absolute Gasteiger partial charge is 0.148 e. The third-order valence-corrected chi connectivity index (χ3v) is 4.57. The Kier molecular flexibility index (Phi) is 4.30. The van der Waals surface area contributed by atoms with Gasteiger partial charge in [-0.1, -0.05) is 29.8 Å². The lowest BCUT2D eigenvalue weighted by atomic mass is 9.92. The summed E-state index contributed by atoms with van der Waals surface area (Å²) in [4.78, 5) is 2.18. The van der Waals surface area contributed by atoms with Crippen molar-refractivity contribution in [2.24, 2.45) is 5.92 Å². The lowest BCUT2D eigenvalue weighted by Gasteiger charge is -2.39. The summed E-state index contributed by atoms with van der Waals surface area (Å²) >= 11 is 6.11. The molecule has 3 nitrogen and oxygen atoms in total. The molecule has 1 heterocycles. The Hall–Kier alpha value is -0.580. The van der Waals surface area contributed by atoms with Crippen molar-refractivity contribution >= 4 is 21.4 Å². The van der Waals surface area contributed by atoms with E-state index < -0.39 is 9.84 Å². The molecule has 0 N–H and O–H groups in total. The van der Waals surface area contributed by atoms with E-state index in [1.54, 1.807) is 0 Å². The van der Waals surface area contributed by atoms with Crippen LogP contribution in [-0.4, -0.2) is 45.0 Å². The fourth-order valence-corrected chi connectivity index (χ4v) is 3.06. The van der Waals surface area contributed by atoms with E-state index >= 15 is 0 Å². The summed E-state index contributed by atoms with van der Waals surface area (Å²) in [5, 5.41) is 0.826. The normalized spacial score (nSPS) is 17.7. The van der Waals surface area contributed by atoms with Crippen molar-refractivity contribution in [2.75, 3.05) is 31.6 Å². The van der Waals surface area contributed by atoms with E-state index in [2.05, 4.69) is 11.0 Å². The molecule has 0 saturated carbocycles. The van der Waals surface area contributed by atoms with E-state index in [1.165, 1.54) is 11.8 Å². The Morgan fingerprint density at radius 1 is 1.33 bits per heavy atom. The van der Waals surface area contributed by atoms with Gasteiger partial charge in [0.05, 0.1) is 5.75 Å². The predicted molar refractivity (Wildman–Crippen MR) is 74.8 cm³/mol. The van der Waals surface area contributed by atoms with Crippen LogP contribution < -0.4 is 0 Å². The summed E-state index contributed by atoms with van der Waals surface area (Å²) in [6.07, 6.45) is 2.27. The molecule has 1 aromatic rings. The van der Waals surface area contributed by atoms with Crippen molar-refractivity contribution in [3.05, 3.63) is 34.9 Å². The maximum Gasteiger partial charge on any atom is 0.148 e. The first-order chi connectivity index (χ1) is 8.44. The average molecular weight is 288 g/mol. The zero-order chi connectivity index (χ0) is 13.2. The van der Waals surface area contributed by atoms with E-state index in [0.29, 0.717) is 12.5 Å². The molecule has 0 spiro atoms. The molecule has 0 aromatic heterocycles. The van der Waals surface area contributed by atoms with Crippen molar-refractivity contribution in [2.45, 2.75) is 6.42 Å². The van der Waals surface area contributed by atoms with Crippen molar-refractivity contribution in [1.29, 1.82) is 0 Å². The Bertz CT molecular complexity index is 509. The number of benzene rings is 1. The Labute approximate surface area is 114 Å². The molecule has 1 aliphatic rings. The molecule has 1 aliphatic heterocycles. The molecule has 0 bridgehead atoms. The van der Waals surface area contributed by atoms with Gasteiger partial charge >= 0.3 is 0 Å². The van der Waals surface area contributed by atoms with Crippen LogP contribution in [-0.2, 0) is 16.3 Å². The summed E-state index contributed by atoms with van der Waals surface area (Å²) in [5.41, 5.74) is 1.19. The highest BCUT2D eigenvalue weighted by Crippen LogP contribution is 2.24. The molecule has 1 aromatic carbocycles. The van der Waals surface area contributed by atoms with E-state index in [-0.39, 0.29) is 5.75 Å². The SMILES string of the molecule is CS(=O)(=O)CCN1CC(Cc2ccccc2Cl)C1. The van der Waals surface area contributed by atoms with E-state index in [4.69, 9.17) is 11.6 Å². The van der Waals surface area contributed by atoms with Gasteiger partial charge in [0.1, 0.15) is 9.84 Å². The van der Waals surface area contributed by atoms with Gasteiger partial charge in [-0.05, 0) is 24.0 Å². The standard InChI is InChI=1S/C13H18ClNO2S/c1-18(16,17)7-6-15-9-11(10-15)8-12-4-2-3-5-13(12)14/h2-5,11H,6-10H2,1H3.